The van der Waals surface area contributed by atoms with Crippen molar-refractivity contribution in [3.8, 4) is 11.8 Å². The lowest BCUT2D eigenvalue weighted by molar-refractivity contribution is -0.926. The van der Waals surface area contributed by atoms with E-state index in [1.807, 2.05) is 0 Å². The number of esters is 1. The highest BCUT2D eigenvalue weighted by Gasteiger charge is 2.23. The van der Waals surface area contributed by atoms with Crippen LogP contribution in [0, 0.1) is 11.8 Å². The summed E-state index contributed by atoms with van der Waals surface area (Å²) in [6.07, 6.45) is 2.33. The molecule has 0 aromatic carbocycles. The van der Waals surface area contributed by atoms with Gasteiger partial charge in [0.1, 0.15) is 13.2 Å². The molecule has 0 saturated carbocycles. The highest BCUT2D eigenvalue weighted by molar-refractivity contribution is 5.88. The predicted molar refractivity (Wildman–Crippen MR) is 70.4 cm³/mol. The minimum absolute atomic E-state index is 0.408. The Morgan fingerprint density at radius 2 is 1.71 bits per heavy atom. The van der Waals surface area contributed by atoms with Crippen LogP contribution in [0.25, 0.3) is 0 Å². The minimum atomic E-state index is -0.408. The predicted octanol–water partition coefficient (Wildman–Crippen LogP) is 2.21. The fraction of sp³-hybridized carbons (Fsp3) is 0.786. The van der Waals surface area contributed by atoms with Gasteiger partial charge in [0.05, 0.1) is 19.6 Å². The van der Waals surface area contributed by atoms with Gasteiger partial charge in [-0.1, -0.05) is 19.8 Å². The van der Waals surface area contributed by atoms with Crippen LogP contribution in [0.4, 0.5) is 0 Å². The van der Waals surface area contributed by atoms with Crippen molar-refractivity contribution in [1.29, 1.82) is 0 Å². The number of carbonyl (C=O) groups is 1. The molecule has 0 bridgehead atoms. The van der Waals surface area contributed by atoms with Gasteiger partial charge in [-0.05, 0) is 26.7 Å². The number of quaternary nitrogens is 1. The molecule has 0 radical (unpaired) electrons. The second kappa shape index (κ2) is 9.07. The SMILES string of the molecule is CC#CC(=O)OCC[N+](CC)(CCC)CCC. The van der Waals surface area contributed by atoms with Gasteiger partial charge in [-0.25, -0.2) is 4.79 Å². The van der Waals surface area contributed by atoms with Gasteiger partial charge in [-0.3, -0.25) is 0 Å². The van der Waals surface area contributed by atoms with Crippen LogP contribution in [0.5, 0.6) is 0 Å². The number of ether oxygens (including phenoxy) is 1. The van der Waals surface area contributed by atoms with Gasteiger partial charge in [0.15, 0.2) is 0 Å². The zero-order valence-corrected chi connectivity index (χ0v) is 11.7. The molecule has 0 heterocycles. The molecule has 3 heteroatoms. The third kappa shape index (κ3) is 6.33. The Labute approximate surface area is 106 Å². The van der Waals surface area contributed by atoms with E-state index in [1.165, 1.54) is 0 Å². The molecule has 3 nitrogen and oxygen atoms in total. The molecule has 98 valence electrons. The first-order valence-electron chi connectivity index (χ1n) is 6.58. The lowest BCUT2D eigenvalue weighted by atomic mass is 10.2. The average molecular weight is 240 g/mol. The highest BCUT2D eigenvalue weighted by atomic mass is 16.5. The van der Waals surface area contributed by atoms with Crippen LogP contribution in [0.3, 0.4) is 0 Å². The van der Waals surface area contributed by atoms with Crippen molar-refractivity contribution in [3.05, 3.63) is 0 Å². The largest absolute Gasteiger partial charge is 0.450 e. The molecule has 17 heavy (non-hydrogen) atoms. The summed E-state index contributed by atoms with van der Waals surface area (Å²) in [5.41, 5.74) is 0. The summed E-state index contributed by atoms with van der Waals surface area (Å²) in [6, 6.07) is 0. The zero-order chi connectivity index (χ0) is 13.1. The molecule has 0 spiro atoms. The molecule has 0 aromatic heterocycles. The Bertz CT molecular complexity index is 270. The van der Waals surface area contributed by atoms with Gasteiger partial charge < -0.3 is 9.22 Å². The zero-order valence-electron chi connectivity index (χ0n) is 11.7. The van der Waals surface area contributed by atoms with E-state index in [0.717, 1.165) is 43.5 Å². The number of likely N-dealkylation sites (N-methyl/N-ethyl adjacent to an activating group) is 1. The first-order valence-corrected chi connectivity index (χ1v) is 6.58. The summed E-state index contributed by atoms with van der Waals surface area (Å²) in [5, 5.41) is 0. The molecule has 0 aliphatic carbocycles. The summed E-state index contributed by atoms with van der Waals surface area (Å²) in [7, 11) is 0. The van der Waals surface area contributed by atoms with E-state index in [-0.39, 0.29) is 0 Å². The second-order valence-electron chi connectivity index (χ2n) is 4.34. The van der Waals surface area contributed by atoms with Crippen LogP contribution in [0.1, 0.15) is 40.5 Å². The van der Waals surface area contributed by atoms with Crippen LogP contribution in [-0.4, -0.2) is 43.2 Å². The van der Waals surface area contributed by atoms with Gasteiger partial charge >= 0.3 is 5.97 Å². The Hall–Kier alpha value is -1.01. The molecule has 0 unspecified atom stereocenters. The van der Waals surface area contributed by atoms with E-state index in [2.05, 4.69) is 32.6 Å². The summed E-state index contributed by atoms with van der Waals surface area (Å²) < 4.78 is 6.15. The highest BCUT2D eigenvalue weighted by Crippen LogP contribution is 2.09. The van der Waals surface area contributed by atoms with Crippen LogP contribution in [0.2, 0.25) is 0 Å². The number of nitrogens with zero attached hydrogens (tertiary/aromatic N) is 1. The van der Waals surface area contributed by atoms with E-state index in [4.69, 9.17) is 4.74 Å². The van der Waals surface area contributed by atoms with Crippen LogP contribution in [-0.2, 0) is 9.53 Å². The molecular weight excluding hydrogens is 214 g/mol. The Kier molecular flexibility index (Phi) is 8.53. The fourth-order valence-corrected chi connectivity index (χ4v) is 2.23. The number of rotatable bonds is 8. The summed E-state index contributed by atoms with van der Waals surface area (Å²) >= 11 is 0. The van der Waals surface area contributed by atoms with Gasteiger partial charge in [0.2, 0.25) is 0 Å². The third-order valence-electron chi connectivity index (χ3n) is 3.09. The quantitative estimate of drug-likeness (QED) is 0.281. The smallest absolute Gasteiger partial charge is 0.384 e. The monoisotopic (exact) mass is 240 g/mol. The lowest BCUT2D eigenvalue weighted by Gasteiger charge is -2.37. The van der Waals surface area contributed by atoms with Crippen molar-refractivity contribution in [1.82, 2.24) is 0 Å². The van der Waals surface area contributed by atoms with Crippen molar-refractivity contribution < 1.29 is 14.0 Å². The summed E-state index contributed by atoms with van der Waals surface area (Å²) in [5.74, 6) is 4.54. The van der Waals surface area contributed by atoms with Crippen molar-refractivity contribution in [2.45, 2.75) is 40.5 Å². The second-order valence-corrected chi connectivity index (χ2v) is 4.34. The van der Waals surface area contributed by atoms with Crippen molar-refractivity contribution >= 4 is 5.97 Å². The van der Waals surface area contributed by atoms with Crippen molar-refractivity contribution in [2.24, 2.45) is 0 Å². The van der Waals surface area contributed by atoms with Crippen LogP contribution in [0.15, 0.2) is 0 Å². The maximum atomic E-state index is 11.1. The van der Waals surface area contributed by atoms with E-state index in [9.17, 15) is 4.79 Å². The normalized spacial score (nSPS) is 10.6. The van der Waals surface area contributed by atoms with Gasteiger partial charge in [0, 0.05) is 5.92 Å². The molecule has 0 amide bonds. The summed E-state index contributed by atoms with van der Waals surface area (Å²) in [4.78, 5) is 11.1. The molecule has 0 N–H and O–H groups in total. The minimum Gasteiger partial charge on any atom is -0.450 e. The molecule has 0 saturated heterocycles. The molecule has 0 aliphatic rings. The topological polar surface area (TPSA) is 26.3 Å². The maximum absolute atomic E-state index is 11.1. The van der Waals surface area contributed by atoms with E-state index < -0.39 is 5.97 Å². The van der Waals surface area contributed by atoms with Crippen molar-refractivity contribution in [2.75, 3.05) is 32.8 Å². The Balaban J connectivity index is 4.22. The maximum Gasteiger partial charge on any atom is 0.384 e. The molecule has 0 fully saturated rings. The van der Waals surface area contributed by atoms with Gasteiger partial charge in [-0.15, -0.1) is 0 Å². The molecule has 0 atom stereocenters. The molecular formula is C14H26NO2+. The molecule has 0 aliphatic heterocycles. The first-order chi connectivity index (χ1) is 8.14. The Morgan fingerprint density at radius 3 is 2.12 bits per heavy atom. The molecule has 0 aromatic rings. The fourth-order valence-electron chi connectivity index (χ4n) is 2.23. The Morgan fingerprint density at radius 1 is 1.12 bits per heavy atom. The van der Waals surface area contributed by atoms with Gasteiger partial charge in [0.25, 0.3) is 0 Å². The molecule has 0 rings (SSSR count). The van der Waals surface area contributed by atoms with E-state index in [1.54, 1.807) is 6.92 Å². The average Bonchev–Trinajstić information content (AvgIpc) is 2.30. The van der Waals surface area contributed by atoms with Crippen molar-refractivity contribution in [3.63, 3.8) is 0 Å². The standard InChI is InChI=1S/C14H26NO2/c1-5-9-14(16)17-13-12-15(8-4,10-6-2)11-7-3/h6-8,10-13H2,1-4H3/q+1. The number of hydrogen-bond donors (Lipinski definition) is 0. The van der Waals surface area contributed by atoms with Crippen LogP contribution < -0.4 is 0 Å². The van der Waals surface area contributed by atoms with Crippen LogP contribution >= 0.6 is 0 Å². The first kappa shape index (κ1) is 16.0. The number of hydrogen-bond acceptors (Lipinski definition) is 2. The third-order valence-corrected chi connectivity index (χ3v) is 3.09. The lowest BCUT2D eigenvalue weighted by Crippen LogP contribution is -2.51. The van der Waals surface area contributed by atoms with Gasteiger partial charge in [-0.2, -0.15) is 0 Å². The number of carbonyl (C=O) groups excluding carboxylic acids is 1. The van der Waals surface area contributed by atoms with E-state index >= 15 is 0 Å². The van der Waals surface area contributed by atoms with E-state index in [0.29, 0.717) is 6.61 Å². The summed E-state index contributed by atoms with van der Waals surface area (Å²) in [6.45, 7) is 13.0.